The predicted molar refractivity (Wildman–Crippen MR) is 63.6 cm³/mol. The number of benzene rings is 1. The van der Waals surface area contributed by atoms with Gasteiger partial charge in [-0.1, -0.05) is 12.1 Å². The molecule has 3 heteroatoms. The van der Waals surface area contributed by atoms with Gasteiger partial charge in [-0.2, -0.15) is 11.8 Å². The summed E-state index contributed by atoms with van der Waals surface area (Å²) in [5.41, 5.74) is 0.649. The molecule has 0 radical (unpaired) electrons. The summed E-state index contributed by atoms with van der Waals surface area (Å²) in [6.45, 7) is 0. The maximum absolute atomic E-state index is 10.2. The number of thioether (sulfide) groups is 1. The molecule has 1 heterocycles. The SMILES string of the molecule is COc1cccc(CC2(O)CCSC2)c1. The number of methoxy groups -OCH3 is 1. The zero-order chi connectivity index (χ0) is 10.7. The standard InChI is InChI=1S/C12H16O2S/c1-14-11-4-2-3-10(7-11)8-12(13)5-6-15-9-12/h2-4,7,13H,5-6,8-9H2,1H3. The molecule has 2 nitrogen and oxygen atoms in total. The monoisotopic (exact) mass is 224 g/mol. The molecule has 1 saturated heterocycles. The molecule has 82 valence electrons. The van der Waals surface area contributed by atoms with Gasteiger partial charge in [0.25, 0.3) is 0 Å². The Hall–Kier alpha value is -0.670. The van der Waals surface area contributed by atoms with Crippen molar-refractivity contribution in [1.29, 1.82) is 0 Å². The van der Waals surface area contributed by atoms with Crippen molar-refractivity contribution in [3.8, 4) is 5.75 Å². The maximum atomic E-state index is 10.2. The summed E-state index contributed by atoms with van der Waals surface area (Å²) >= 11 is 1.83. The van der Waals surface area contributed by atoms with E-state index in [-0.39, 0.29) is 0 Å². The third kappa shape index (κ3) is 2.67. The van der Waals surface area contributed by atoms with E-state index in [2.05, 4.69) is 0 Å². The molecule has 1 aliphatic heterocycles. The molecule has 15 heavy (non-hydrogen) atoms. The number of ether oxygens (including phenoxy) is 1. The zero-order valence-electron chi connectivity index (χ0n) is 8.90. The second-order valence-electron chi connectivity index (χ2n) is 4.06. The summed E-state index contributed by atoms with van der Waals surface area (Å²) in [6.07, 6.45) is 1.63. The molecule has 0 aromatic heterocycles. The highest BCUT2D eigenvalue weighted by Gasteiger charge is 2.31. The van der Waals surface area contributed by atoms with Crippen molar-refractivity contribution in [1.82, 2.24) is 0 Å². The highest BCUT2D eigenvalue weighted by molar-refractivity contribution is 7.99. The van der Waals surface area contributed by atoms with Crippen molar-refractivity contribution in [2.24, 2.45) is 0 Å². The average molecular weight is 224 g/mol. The van der Waals surface area contributed by atoms with Crippen LogP contribution in [0.3, 0.4) is 0 Å². The Morgan fingerprint density at radius 2 is 2.40 bits per heavy atom. The Morgan fingerprint density at radius 3 is 3.07 bits per heavy atom. The topological polar surface area (TPSA) is 29.5 Å². The van der Waals surface area contributed by atoms with E-state index in [1.54, 1.807) is 7.11 Å². The summed E-state index contributed by atoms with van der Waals surface area (Å²) in [5, 5.41) is 10.2. The third-order valence-electron chi connectivity index (χ3n) is 2.75. The minimum atomic E-state index is -0.503. The van der Waals surface area contributed by atoms with Gasteiger partial charge in [-0.05, 0) is 29.9 Å². The van der Waals surface area contributed by atoms with E-state index in [0.717, 1.165) is 35.7 Å². The maximum Gasteiger partial charge on any atom is 0.119 e. The van der Waals surface area contributed by atoms with Crippen LogP contribution in [0.1, 0.15) is 12.0 Å². The Balaban J connectivity index is 2.09. The number of hydrogen-bond donors (Lipinski definition) is 1. The van der Waals surface area contributed by atoms with Crippen LogP contribution >= 0.6 is 11.8 Å². The van der Waals surface area contributed by atoms with Crippen LogP contribution in [-0.4, -0.2) is 29.3 Å². The average Bonchev–Trinajstić information content (AvgIpc) is 2.65. The Kier molecular flexibility index (Phi) is 3.22. The molecule has 1 aromatic carbocycles. The number of rotatable bonds is 3. The molecule has 1 aromatic rings. The van der Waals surface area contributed by atoms with E-state index in [1.165, 1.54) is 0 Å². The van der Waals surface area contributed by atoms with E-state index >= 15 is 0 Å². The Bertz CT molecular complexity index is 332. The lowest BCUT2D eigenvalue weighted by Gasteiger charge is -2.21. The molecule has 2 rings (SSSR count). The van der Waals surface area contributed by atoms with Gasteiger partial charge in [0.1, 0.15) is 5.75 Å². The van der Waals surface area contributed by atoms with E-state index in [1.807, 2.05) is 36.0 Å². The minimum Gasteiger partial charge on any atom is -0.497 e. The van der Waals surface area contributed by atoms with Gasteiger partial charge in [-0.3, -0.25) is 0 Å². The second-order valence-corrected chi connectivity index (χ2v) is 5.16. The van der Waals surface area contributed by atoms with Gasteiger partial charge >= 0.3 is 0 Å². The van der Waals surface area contributed by atoms with Crippen LogP contribution in [0.25, 0.3) is 0 Å². The quantitative estimate of drug-likeness (QED) is 0.852. The molecule has 1 unspecified atom stereocenters. The van der Waals surface area contributed by atoms with Crippen molar-refractivity contribution < 1.29 is 9.84 Å². The van der Waals surface area contributed by atoms with Crippen LogP contribution in [0.4, 0.5) is 0 Å². The first-order valence-corrected chi connectivity index (χ1v) is 6.30. The fourth-order valence-corrected chi connectivity index (χ4v) is 3.19. The molecule has 0 aliphatic carbocycles. The Morgan fingerprint density at radius 1 is 1.53 bits per heavy atom. The zero-order valence-corrected chi connectivity index (χ0v) is 9.72. The van der Waals surface area contributed by atoms with Gasteiger partial charge in [-0.15, -0.1) is 0 Å². The van der Waals surface area contributed by atoms with E-state index in [4.69, 9.17) is 4.74 Å². The summed E-state index contributed by atoms with van der Waals surface area (Å²) in [4.78, 5) is 0. The normalized spacial score (nSPS) is 25.5. The Labute approximate surface area is 94.6 Å². The van der Waals surface area contributed by atoms with Crippen LogP contribution in [0.5, 0.6) is 5.75 Å². The summed E-state index contributed by atoms with van der Waals surface area (Å²) in [7, 11) is 1.67. The molecule has 0 spiro atoms. The summed E-state index contributed by atoms with van der Waals surface area (Å²) in [5.74, 6) is 2.78. The molecule has 0 amide bonds. The van der Waals surface area contributed by atoms with Gasteiger partial charge in [0, 0.05) is 12.2 Å². The van der Waals surface area contributed by atoms with Crippen LogP contribution < -0.4 is 4.74 Å². The first kappa shape index (κ1) is 10.8. The minimum absolute atomic E-state index is 0.503. The summed E-state index contributed by atoms with van der Waals surface area (Å²) < 4.78 is 5.17. The molecule has 1 N–H and O–H groups in total. The smallest absolute Gasteiger partial charge is 0.119 e. The predicted octanol–water partition coefficient (Wildman–Crippen LogP) is 2.11. The lowest BCUT2D eigenvalue weighted by atomic mass is 9.94. The molecular weight excluding hydrogens is 208 g/mol. The highest BCUT2D eigenvalue weighted by Crippen LogP contribution is 2.31. The van der Waals surface area contributed by atoms with Gasteiger partial charge in [0.2, 0.25) is 0 Å². The first-order valence-electron chi connectivity index (χ1n) is 5.15. The van der Waals surface area contributed by atoms with Crippen LogP contribution in [0.2, 0.25) is 0 Å². The van der Waals surface area contributed by atoms with Crippen molar-refractivity contribution in [2.45, 2.75) is 18.4 Å². The fourth-order valence-electron chi connectivity index (χ4n) is 1.90. The van der Waals surface area contributed by atoms with E-state index in [9.17, 15) is 5.11 Å². The van der Waals surface area contributed by atoms with Crippen molar-refractivity contribution in [2.75, 3.05) is 18.6 Å². The van der Waals surface area contributed by atoms with Crippen molar-refractivity contribution >= 4 is 11.8 Å². The van der Waals surface area contributed by atoms with Crippen LogP contribution in [-0.2, 0) is 6.42 Å². The van der Waals surface area contributed by atoms with Gasteiger partial charge in [0.15, 0.2) is 0 Å². The van der Waals surface area contributed by atoms with Crippen LogP contribution in [0.15, 0.2) is 24.3 Å². The molecule has 1 atom stereocenters. The van der Waals surface area contributed by atoms with E-state index < -0.39 is 5.60 Å². The molecule has 1 aliphatic rings. The third-order valence-corrected chi connectivity index (χ3v) is 3.98. The van der Waals surface area contributed by atoms with Gasteiger partial charge in [-0.25, -0.2) is 0 Å². The van der Waals surface area contributed by atoms with Gasteiger partial charge in [0.05, 0.1) is 12.7 Å². The van der Waals surface area contributed by atoms with Crippen LogP contribution in [0, 0.1) is 0 Å². The summed E-state index contributed by atoms with van der Waals surface area (Å²) in [6, 6.07) is 7.95. The van der Waals surface area contributed by atoms with E-state index in [0.29, 0.717) is 0 Å². The molecule has 0 saturated carbocycles. The number of aliphatic hydroxyl groups is 1. The lowest BCUT2D eigenvalue weighted by molar-refractivity contribution is 0.0686. The first-order chi connectivity index (χ1) is 7.22. The van der Waals surface area contributed by atoms with Crippen molar-refractivity contribution in [3.05, 3.63) is 29.8 Å². The second kappa shape index (κ2) is 4.45. The molecular formula is C12H16O2S. The fraction of sp³-hybridized carbons (Fsp3) is 0.500. The molecule has 0 bridgehead atoms. The van der Waals surface area contributed by atoms with Crippen molar-refractivity contribution in [3.63, 3.8) is 0 Å². The van der Waals surface area contributed by atoms with Gasteiger partial charge < -0.3 is 9.84 Å². The molecule has 1 fully saturated rings. The number of hydrogen-bond acceptors (Lipinski definition) is 3. The largest absolute Gasteiger partial charge is 0.497 e. The highest BCUT2D eigenvalue weighted by atomic mass is 32.2. The lowest BCUT2D eigenvalue weighted by Crippen LogP contribution is -2.30.